The van der Waals surface area contributed by atoms with Crippen molar-refractivity contribution in [2.75, 3.05) is 13.1 Å². The molecule has 1 saturated heterocycles. The normalized spacial score (nSPS) is 19.3. The standard InChI is InChI=1S/C14H16ClN3/c1-9-13(10-3-2-4-12(15)7-10)18-14(17-9)11-5-6-16-8-11/h2-4,7,11,16H,5-6,8H2,1H3,(H,17,18). The number of rotatable bonds is 2. The Balaban J connectivity index is 1.97. The molecule has 1 aromatic carbocycles. The van der Waals surface area contributed by atoms with Gasteiger partial charge in [0.05, 0.1) is 5.69 Å². The quantitative estimate of drug-likeness (QED) is 0.872. The molecule has 0 spiro atoms. The molecule has 18 heavy (non-hydrogen) atoms. The molecule has 4 heteroatoms. The predicted molar refractivity (Wildman–Crippen MR) is 74.0 cm³/mol. The van der Waals surface area contributed by atoms with Crippen molar-refractivity contribution in [3.8, 4) is 11.3 Å². The van der Waals surface area contributed by atoms with Crippen molar-refractivity contribution in [2.24, 2.45) is 0 Å². The van der Waals surface area contributed by atoms with E-state index < -0.39 is 0 Å². The monoisotopic (exact) mass is 261 g/mol. The number of benzene rings is 1. The van der Waals surface area contributed by atoms with Crippen LogP contribution >= 0.6 is 11.6 Å². The summed E-state index contributed by atoms with van der Waals surface area (Å²) >= 11 is 6.03. The van der Waals surface area contributed by atoms with Crippen LogP contribution in [0.5, 0.6) is 0 Å². The second kappa shape index (κ2) is 4.75. The van der Waals surface area contributed by atoms with Crippen LogP contribution in [0.25, 0.3) is 11.3 Å². The van der Waals surface area contributed by atoms with E-state index in [0.29, 0.717) is 5.92 Å². The molecule has 0 bridgehead atoms. The SMILES string of the molecule is Cc1[nH]c(C2CCNC2)nc1-c1cccc(Cl)c1. The van der Waals surface area contributed by atoms with Crippen LogP contribution in [-0.4, -0.2) is 23.1 Å². The number of nitrogens with zero attached hydrogens (tertiary/aromatic N) is 1. The minimum absolute atomic E-state index is 0.511. The maximum Gasteiger partial charge on any atom is 0.111 e. The summed E-state index contributed by atoms with van der Waals surface area (Å²) in [5, 5.41) is 4.12. The van der Waals surface area contributed by atoms with E-state index >= 15 is 0 Å². The van der Waals surface area contributed by atoms with Crippen molar-refractivity contribution in [3.63, 3.8) is 0 Å². The van der Waals surface area contributed by atoms with Crippen LogP contribution in [-0.2, 0) is 0 Å². The molecule has 3 rings (SSSR count). The third-order valence-corrected chi connectivity index (χ3v) is 3.68. The summed E-state index contributed by atoms with van der Waals surface area (Å²) in [6.45, 7) is 4.16. The summed E-state index contributed by atoms with van der Waals surface area (Å²) in [6.07, 6.45) is 1.15. The summed E-state index contributed by atoms with van der Waals surface area (Å²) in [7, 11) is 0. The van der Waals surface area contributed by atoms with Crippen LogP contribution in [0.1, 0.15) is 23.9 Å². The van der Waals surface area contributed by atoms with Gasteiger partial charge in [-0.15, -0.1) is 0 Å². The summed E-state index contributed by atoms with van der Waals surface area (Å²) in [4.78, 5) is 8.16. The van der Waals surface area contributed by atoms with Crippen LogP contribution in [0.4, 0.5) is 0 Å². The van der Waals surface area contributed by atoms with E-state index in [9.17, 15) is 0 Å². The molecular weight excluding hydrogens is 246 g/mol. The lowest BCUT2D eigenvalue weighted by atomic mass is 10.1. The highest BCUT2D eigenvalue weighted by Gasteiger charge is 2.21. The van der Waals surface area contributed by atoms with Crippen LogP contribution in [0.15, 0.2) is 24.3 Å². The molecule has 1 aromatic heterocycles. The van der Waals surface area contributed by atoms with Crippen LogP contribution in [0, 0.1) is 6.92 Å². The zero-order chi connectivity index (χ0) is 12.5. The minimum atomic E-state index is 0.511. The highest BCUT2D eigenvalue weighted by Crippen LogP contribution is 2.27. The molecule has 2 heterocycles. The number of nitrogens with one attached hydrogen (secondary N) is 2. The number of hydrogen-bond donors (Lipinski definition) is 2. The zero-order valence-corrected chi connectivity index (χ0v) is 11.1. The topological polar surface area (TPSA) is 40.7 Å². The molecule has 1 aliphatic rings. The van der Waals surface area contributed by atoms with Gasteiger partial charge in [-0.1, -0.05) is 23.7 Å². The molecule has 0 radical (unpaired) electrons. The summed E-state index contributed by atoms with van der Waals surface area (Å²) in [5.74, 6) is 1.60. The van der Waals surface area contributed by atoms with Gasteiger partial charge >= 0.3 is 0 Å². The third kappa shape index (κ3) is 2.16. The first-order valence-electron chi connectivity index (χ1n) is 6.27. The number of halogens is 1. The van der Waals surface area contributed by atoms with E-state index in [4.69, 9.17) is 16.6 Å². The second-order valence-electron chi connectivity index (χ2n) is 4.80. The van der Waals surface area contributed by atoms with Gasteiger partial charge in [-0.25, -0.2) is 4.98 Å². The highest BCUT2D eigenvalue weighted by atomic mass is 35.5. The van der Waals surface area contributed by atoms with Crippen molar-refractivity contribution in [3.05, 3.63) is 40.8 Å². The smallest absolute Gasteiger partial charge is 0.111 e. The van der Waals surface area contributed by atoms with Crippen LogP contribution in [0.2, 0.25) is 5.02 Å². The Kier molecular flexibility index (Phi) is 3.10. The molecule has 1 unspecified atom stereocenters. The first kappa shape index (κ1) is 11.8. The fourth-order valence-electron chi connectivity index (χ4n) is 2.48. The molecule has 0 aliphatic carbocycles. The molecule has 0 amide bonds. The van der Waals surface area contributed by atoms with Gasteiger partial charge in [-0.2, -0.15) is 0 Å². The van der Waals surface area contributed by atoms with Gasteiger partial charge < -0.3 is 10.3 Å². The summed E-state index contributed by atoms with van der Waals surface area (Å²) < 4.78 is 0. The lowest BCUT2D eigenvalue weighted by Gasteiger charge is -2.02. The summed E-state index contributed by atoms with van der Waals surface area (Å²) in [5.41, 5.74) is 3.20. The van der Waals surface area contributed by atoms with Gasteiger partial charge in [0, 0.05) is 28.7 Å². The average Bonchev–Trinajstić information content (AvgIpc) is 2.97. The fraction of sp³-hybridized carbons (Fsp3) is 0.357. The van der Waals surface area contributed by atoms with Gasteiger partial charge in [0.2, 0.25) is 0 Å². The van der Waals surface area contributed by atoms with Crippen molar-refractivity contribution in [1.29, 1.82) is 0 Å². The van der Waals surface area contributed by atoms with Gasteiger partial charge in [0.1, 0.15) is 5.82 Å². The Hall–Kier alpha value is -1.32. The van der Waals surface area contributed by atoms with E-state index in [1.165, 1.54) is 0 Å². The lowest BCUT2D eigenvalue weighted by molar-refractivity contribution is 0.713. The van der Waals surface area contributed by atoms with Crippen molar-refractivity contribution in [1.82, 2.24) is 15.3 Å². The maximum absolute atomic E-state index is 6.03. The highest BCUT2D eigenvalue weighted by molar-refractivity contribution is 6.30. The molecule has 1 atom stereocenters. The Morgan fingerprint density at radius 2 is 2.28 bits per heavy atom. The first-order chi connectivity index (χ1) is 8.74. The lowest BCUT2D eigenvalue weighted by Crippen LogP contribution is -2.08. The van der Waals surface area contributed by atoms with E-state index in [1.807, 2.05) is 24.3 Å². The number of aromatic amines is 1. The number of aromatic nitrogens is 2. The van der Waals surface area contributed by atoms with E-state index in [-0.39, 0.29) is 0 Å². The average molecular weight is 262 g/mol. The Labute approximate surface area is 112 Å². The van der Waals surface area contributed by atoms with Crippen molar-refractivity contribution in [2.45, 2.75) is 19.3 Å². The second-order valence-corrected chi connectivity index (χ2v) is 5.23. The maximum atomic E-state index is 6.03. The van der Waals surface area contributed by atoms with Crippen molar-refractivity contribution >= 4 is 11.6 Å². The molecule has 2 aromatic rings. The number of aryl methyl sites for hydroxylation is 1. The Bertz CT molecular complexity index is 556. The molecular formula is C14H16ClN3. The Morgan fingerprint density at radius 3 is 3.00 bits per heavy atom. The molecule has 94 valence electrons. The van der Waals surface area contributed by atoms with E-state index in [0.717, 1.165) is 47.3 Å². The minimum Gasteiger partial charge on any atom is -0.345 e. The predicted octanol–water partition coefficient (Wildman–Crippen LogP) is 3.12. The van der Waals surface area contributed by atoms with E-state index in [2.05, 4.69) is 17.2 Å². The molecule has 2 N–H and O–H groups in total. The molecule has 1 fully saturated rings. The molecule has 3 nitrogen and oxygen atoms in total. The number of H-pyrrole nitrogens is 1. The zero-order valence-electron chi connectivity index (χ0n) is 10.3. The van der Waals surface area contributed by atoms with Gasteiger partial charge in [0.15, 0.2) is 0 Å². The van der Waals surface area contributed by atoms with Crippen molar-refractivity contribution < 1.29 is 0 Å². The first-order valence-corrected chi connectivity index (χ1v) is 6.65. The summed E-state index contributed by atoms with van der Waals surface area (Å²) in [6, 6.07) is 7.85. The van der Waals surface area contributed by atoms with Crippen LogP contribution in [0.3, 0.4) is 0 Å². The van der Waals surface area contributed by atoms with Gasteiger partial charge in [-0.3, -0.25) is 0 Å². The number of imidazole rings is 1. The largest absolute Gasteiger partial charge is 0.345 e. The number of hydrogen-bond acceptors (Lipinski definition) is 2. The van der Waals surface area contributed by atoms with Crippen LogP contribution < -0.4 is 5.32 Å². The molecule has 0 saturated carbocycles. The van der Waals surface area contributed by atoms with Gasteiger partial charge in [0.25, 0.3) is 0 Å². The molecule has 1 aliphatic heterocycles. The van der Waals surface area contributed by atoms with E-state index in [1.54, 1.807) is 0 Å². The van der Waals surface area contributed by atoms with Gasteiger partial charge in [-0.05, 0) is 32.0 Å². The fourth-order valence-corrected chi connectivity index (χ4v) is 2.67. The third-order valence-electron chi connectivity index (χ3n) is 3.45. The Morgan fingerprint density at radius 1 is 1.39 bits per heavy atom.